The van der Waals surface area contributed by atoms with Gasteiger partial charge in [0.05, 0.1) is 6.61 Å². The van der Waals surface area contributed by atoms with E-state index in [1.807, 2.05) is 0 Å². The average molecular weight is 783 g/mol. The topological polar surface area (TPSA) is 61.8 Å². The summed E-state index contributed by atoms with van der Waals surface area (Å²) >= 11 is 0. The number of carbonyl (C=O) groups is 2. The van der Waals surface area contributed by atoms with Crippen LogP contribution in [0.2, 0.25) is 0 Å². The second kappa shape index (κ2) is 47.0. The molecule has 0 rings (SSSR count). The molecule has 1 unspecified atom stereocenters. The molecule has 0 N–H and O–H groups in total. The molecule has 0 spiro atoms. The summed E-state index contributed by atoms with van der Waals surface area (Å²) in [6.07, 6.45) is 57.9. The van der Waals surface area contributed by atoms with Crippen molar-refractivity contribution in [1.29, 1.82) is 0 Å². The molecule has 5 heteroatoms. The number of hydrogen-bond acceptors (Lipinski definition) is 5. The van der Waals surface area contributed by atoms with Crippen LogP contribution in [0, 0.1) is 0 Å². The number of allylic oxidation sites excluding steroid dienone is 10. The van der Waals surface area contributed by atoms with Crippen molar-refractivity contribution in [2.24, 2.45) is 0 Å². The van der Waals surface area contributed by atoms with Crippen LogP contribution in [-0.4, -0.2) is 37.9 Å². The Balaban J connectivity index is 4.31. The molecule has 0 heterocycles. The lowest BCUT2D eigenvalue weighted by atomic mass is 10.0. The van der Waals surface area contributed by atoms with Crippen molar-refractivity contribution in [3.63, 3.8) is 0 Å². The lowest BCUT2D eigenvalue weighted by Gasteiger charge is -2.18. The van der Waals surface area contributed by atoms with Gasteiger partial charge in [-0.2, -0.15) is 0 Å². The smallest absolute Gasteiger partial charge is 0.306 e. The highest BCUT2D eigenvalue weighted by atomic mass is 16.6. The molecule has 1 atom stereocenters. The molecule has 0 aromatic heterocycles. The molecule has 0 aliphatic rings. The largest absolute Gasteiger partial charge is 0.462 e. The van der Waals surface area contributed by atoms with Crippen LogP contribution < -0.4 is 0 Å². The molecule has 0 saturated carbocycles. The fourth-order valence-electron chi connectivity index (χ4n) is 6.50. The minimum Gasteiger partial charge on any atom is -0.462 e. The number of esters is 2. The number of unbranched alkanes of at least 4 members (excludes halogenated alkanes) is 22. The van der Waals surface area contributed by atoms with Crippen LogP contribution in [0.3, 0.4) is 0 Å². The van der Waals surface area contributed by atoms with Gasteiger partial charge in [0.15, 0.2) is 6.10 Å². The van der Waals surface area contributed by atoms with E-state index in [2.05, 4.69) is 81.5 Å². The Labute approximate surface area is 347 Å². The van der Waals surface area contributed by atoms with Crippen LogP contribution in [-0.2, 0) is 23.8 Å². The van der Waals surface area contributed by atoms with Gasteiger partial charge in [0.1, 0.15) is 6.61 Å². The Morgan fingerprint density at radius 3 is 1.38 bits per heavy atom. The van der Waals surface area contributed by atoms with Crippen molar-refractivity contribution < 1.29 is 23.8 Å². The van der Waals surface area contributed by atoms with Crippen LogP contribution in [0.1, 0.15) is 226 Å². The van der Waals surface area contributed by atoms with Crippen molar-refractivity contribution >= 4 is 11.9 Å². The van der Waals surface area contributed by atoms with E-state index >= 15 is 0 Å². The molecule has 0 amide bonds. The van der Waals surface area contributed by atoms with E-state index in [1.54, 1.807) is 0 Å². The van der Waals surface area contributed by atoms with Gasteiger partial charge in [0, 0.05) is 19.4 Å². The highest BCUT2D eigenvalue weighted by molar-refractivity contribution is 5.70. The summed E-state index contributed by atoms with van der Waals surface area (Å²) in [5.74, 6) is -0.433. The Bertz CT molecular complexity index is 977. The summed E-state index contributed by atoms with van der Waals surface area (Å²) < 4.78 is 17.3. The highest BCUT2D eigenvalue weighted by Gasteiger charge is 2.17. The maximum atomic E-state index is 12.7. The number of carbonyl (C=O) groups excluding carboxylic acids is 2. The first-order chi connectivity index (χ1) is 27.6. The first-order valence-electron chi connectivity index (χ1n) is 23.8. The summed E-state index contributed by atoms with van der Waals surface area (Å²) in [7, 11) is 0. The zero-order valence-electron chi connectivity index (χ0n) is 37.1. The minimum atomic E-state index is -0.550. The maximum absolute atomic E-state index is 12.7. The van der Waals surface area contributed by atoms with Crippen molar-refractivity contribution in [1.82, 2.24) is 0 Å². The number of rotatable bonds is 43. The molecule has 0 aliphatic carbocycles. The van der Waals surface area contributed by atoms with Crippen molar-refractivity contribution in [2.45, 2.75) is 232 Å². The zero-order chi connectivity index (χ0) is 40.7. The standard InChI is InChI=1S/C51H90O5/c1-4-7-10-13-16-19-22-25-28-31-34-37-40-43-46-54-47-49(56-51(53)45-42-39-36-33-30-27-24-21-18-15-12-9-6-3)48-55-50(52)44-41-38-35-32-29-26-23-20-17-14-11-8-5-2/h8,10-11,13,17,19-20,22,26,29,49H,4-7,9,12,14-16,18,21,23-25,27-28,30-48H2,1-3H3/b11-8-,13-10-,20-17-,22-19-,29-26-. The van der Waals surface area contributed by atoms with Gasteiger partial charge in [-0.25, -0.2) is 0 Å². The molecule has 0 aromatic rings. The van der Waals surface area contributed by atoms with E-state index < -0.39 is 6.10 Å². The van der Waals surface area contributed by atoms with Crippen LogP contribution in [0.25, 0.3) is 0 Å². The van der Waals surface area contributed by atoms with Crippen LogP contribution >= 0.6 is 0 Å². The highest BCUT2D eigenvalue weighted by Crippen LogP contribution is 2.14. The second-order valence-electron chi connectivity index (χ2n) is 15.6. The van der Waals surface area contributed by atoms with E-state index in [-0.39, 0.29) is 25.2 Å². The fourth-order valence-corrected chi connectivity index (χ4v) is 6.50. The third-order valence-corrected chi connectivity index (χ3v) is 10.0. The molecule has 56 heavy (non-hydrogen) atoms. The number of ether oxygens (including phenoxy) is 3. The molecule has 0 aliphatic heterocycles. The first kappa shape index (κ1) is 53.6. The molecular weight excluding hydrogens is 693 g/mol. The minimum absolute atomic E-state index is 0.0666. The summed E-state index contributed by atoms with van der Waals surface area (Å²) in [5, 5.41) is 0. The van der Waals surface area contributed by atoms with Gasteiger partial charge >= 0.3 is 11.9 Å². The van der Waals surface area contributed by atoms with Crippen LogP contribution in [0.4, 0.5) is 0 Å². The van der Waals surface area contributed by atoms with Gasteiger partial charge in [-0.05, 0) is 77.0 Å². The molecule has 0 aromatic carbocycles. The van der Waals surface area contributed by atoms with E-state index in [0.717, 1.165) is 77.0 Å². The summed E-state index contributed by atoms with van der Waals surface area (Å²) in [5.41, 5.74) is 0. The van der Waals surface area contributed by atoms with Gasteiger partial charge in [-0.15, -0.1) is 0 Å². The second-order valence-corrected chi connectivity index (χ2v) is 15.6. The predicted octanol–water partition coefficient (Wildman–Crippen LogP) is 15.8. The third kappa shape index (κ3) is 44.3. The van der Waals surface area contributed by atoms with E-state index in [9.17, 15) is 9.59 Å². The Morgan fingerprint density at radius 1 is 0.411 bits per heavy atom. The summed E-state index contributed by atoms with van der Waals surface area (Å²) in [6, 6.07) is 0. The molecule has 0 saturated heterocycles. The summed E-state index contributed by atoms with van der Waals surface area (Å²) in [6.45, 7) is 7.61. The quantitative estimate of drug-likeness (QED) is 0.0350. The Morgan fingerprint density at radius 2 is 0.839 bits per heavy atom. The fraction of sp³-hybridized carbons (Fsp3) is 0.765. The molecule has 0 fully saturated rings. The van der Waals surface area contributed by atoms with Crippen molar-refractivity contribution in [3.05, 3.63) is 60.8 Å². The Hall–Kier alpha value is -2.40. The predicted molar refractivity (Wildman–Crippen MR) is 242 cm³/mol. The van der Waals surface area contributed by atoms with Crippen LogP contribution in [0.5, 0.6) is 0 Å². The van der Waals surface area contributed by atoms with Crippen LogP contribution in [0.15, 0.2) is 60.8 Å². The molecule has 5 nitrogen and oxygen atoms in total. The van der Waals surface area contributed by atoms with E-state index in [4.69, 9.17) is 14.2 Å². The van der Waals surface area contributed by atoms with Crippen molar-refractivity contribution in [3.8, 4) is 0 Å². The third-order valence-electron chi connectivity index (χ3n) is 10.0. The normalized spacial score (nSPS) is 12.7. The van der Waals surface area contributed by atoms with Crippen molar-refractivity contribution in [2.75, 3.05) is 19.8 Å². The zero-order valence-corrected chi connectivity index (χ0v) is 37.1. The maximum Gasteiger partial charge on any atom is 0.306 e. The van der Waals surface area contributed by atoms with Gasteiger partial charge in [-0.1, -0.05) is 197 Å². The van der Waals surface area contributed by atoms with Gasteiger partial charge < -0.3 is 14.2 Å². The Kier molecular flexibility index (Phi) is 45.0. The SMILES string of the molecule is CC/C=C\C/C=C\C/C=C\CCCCCC(=O)OCC(COCCCCCCCC/C=C\C/C=C\CCC)OC(=O)CCCCCCCCCCCCCCC. The molecular formula is C51H90O5. The summed E-state index contributed by atoms with van der Waals surface area (Å²) in [4.78, 5) is 25.3. The lowest BCUT2D eigenvalue weighted by Crippen LogP contribution is -2.30. The number of hydrogen-bond donors (Lipinski definition) is 0. The van der Waals surface area contributed by atoms with Gasteiger partial charge in [0.2, 0.25) is 0 Å². The van der Waals surface area contributed by atoms with E-state index in [0.29, 0.717) is 19.4 Å². The van der Waals surface area contributed by atoms with Gasteiger partial charge in [-0.3, -0.25) is 9.59 Å². The molecule has 0 bridgehead atoms. The first-order valence-corrected chi connectivity index (χ1v) is 23.8. The van der Waals surface area contributed by atoms with Gasteiger partial charge in [0.25, 0.3) is 0 Å². The lowest BCUT2D eigenvalue weighted by molar-refractivity contribution is -0.163. The molecule has 0 radical (unpaired) electrons. The van der Waals surface area contributed by atoms with E-state index in [1.165, 1.54) is 116 Å². The monoisotopic (exact) mass is 783 g/mol. The average Bonchev–Trinajstić information content (AvgIpc) is 3.20. The molecule has 324 valence electrons.